The number of carbonyl (C=O) groups is 1. The van der Waals surface area contributed by atoms with E-state index in [1.54, 1.807) is 0 Å². The summed E-state index contributed by atoms with van der Waals surface area (Å²) in [4.78, 5) is 32.5. The number of rotatable bonds is 6. The van der Waals surface area contributed by atoms with Gasteiger partial charge in [-0.2, -0.15) is 0 Å². The number of aromatic nitrogens is 3. The maximum absolute atomic E-state index is 11.4. The molecule has 126 valence electrons. The Bertz CT molecular complexity index is 926. The molecule has 1 aromatic carbocycles. The number of esters is 1. The van der Waals surface area contributed by atoms with Crippen LogP contribution in [0.25, 0.3) is 22.1 Å². The van der Waals surface area contributed by atoms with Gasteiger partial charge in [-0.1, -0.05) is 0 Å². The first-order chi connectivity index (χ1) is 11.5. The number of fused-ring (bicyclic) bond motifs is 2. The zero-order chi connectivity index (χ0) is 17.1. The van der Waals surface area contributed by atoms with E-state index in [1.807, 2.05) is 38.1 Å². The van der Waals surface area contributed by atoms with Gasteiger partial charge in [-0.3, -0.25) is 9.78 Å². The van der Waals surface area contributed by atoms with E-state index in [0.29, 0.717) is 36.4 Å². The normalized spacial score (nSPS) is 11.3. The Balaban J connectivity index is 1.64. The van der Waals surface area contributed by atoms with Crippen LogP contribution in [0, 0.1) is 0 Å². The number of carbonyl (C=O) groups excluding carboxylic acids is 1. The molecule has 0 aliphatic carbocycles. The Kier molecular flexibility index (Phi) is 4.50. The van der Waals surface area contributed by atoms with Gasteiger partial charge in [0, 0.05) is 11.8 Å². The molecule has 3 rings (SSSR count). The summed E-state index contributed by atoms with van der Waals surface area (Å²) in [6.07, 6.45) is 0.827. The van der Waals surface area contributed by atoms with Gasteiger partial charge in [-0.15, -0.1) is 0 Å². The van der Waals surface area contributed by atoms with Crippen LogP contribution in [0.2, 0.25) is 0 Å². The van der Waals surface area contributed by atoms with Gasteiger partial charge >= 0.3 is 11.7 Å². The number of benzene rings is 1. The number of aromatic amines is 2. The SMILES string of the molecule is CC(C)OC(=O)CCCOc1ccc2nc3[nH]c(=O)[nH]c3cc2c1. The summed E-state index contributed by atoms with van der Waals surface area (Å²) >= 11 is 0. The number of hydrogen-bond acceptors (Lipinski definition) is 5. The first-order valence-electron chi connectivity index (χ1n) is 7.86. The first kappa shape index (κ1) is 16.0. The van der Waals surface area contributed by atoms with E-state index >= 15 is 0 Å². The lowest BCUT2D eigenvalue weighted by atomic mass is 10.2. The number of nitrogens with one attached hydrogen (secondary N) is 2. The van der Waals surface area contributed by atoms with E-state index < -0.39 is 0 Å². The predicted molar refractivity (Wildman–Crippen MR) is 90.2 cm³/mol. The number of ether oxygens (including phenoxy) is 2. The number of H-pyrrole nitrogens is 2. The molecular weight excluding hydrogens is 310 g/mol. The van der Waals surface area contributed by atoms with Gasteiger partial charge < -0.3 is 14.5 Å². The monoisotopic (exact) mass is 329 g/mol. The highest BCUT2D eigenvalue weighted by Crippen LogP contribution is 2.22. The largest absolute Gasteiger partial charge is 0.494 e. The van der Waals surface area contributed by atoms with Crippen LogP contribution in [-0.2, 0) is 9.53 Å². The van der Waals surface area contributed by atoms with Crippen molar-refractivity contribution in [2.75, 3.05) is 6.61 Å². The summed E-state index contributed by atoms with van der Waals surface area (Å²) in [5, 5.41) is 0.870. The molecule has 0 aliphatic heterocycles. The van der Waals surface area contributed by atoms with Crippen molar-refractivity contribution in [1.29, 1.82) is 0 Å². The van der Waals surface area contributed by atoms with Gasteiger partial charge in [-0.25, -0.2) is 9.78 Å². The van der Waals surface area contributed by atoms with Crippen molar-refractivity contribution in [2.45, 2.75) is 32.8 Å². The van der Waals surface area contributed by atoms with E-state index in [-0.39, 0.29) is 17.8 Å². The van der Waals surface area contributed by atoms with E-state index in [0.717, 1.165) is 10.9 Å². The number of nitrogens with zero attached hydrogens (tertiary/aromatic N) is 1. The van der Waals surface area contributed by atoms with Crippen molar-refractivity contribution < 1.29 is 14.3 Å². The molecule has 2 N–H and O–H groups in total. The fraction of sp³-hybridized carbons (Fsp3) is 0.353. The highest BCUT2D eigenvalue weighted by atomic mass is 16.5. The van der Waals surface area contributed by atoms with Gasteiger partial charge in [0.1, 0.15) is 5.75 Å². The van der Waals surface area contributed by atoms with E-state index in [9.17, 15) is 9.59 Å². The summed E-state index contributed by atoms with van der Waals surface area (Å²) < 4.78 is 10.7. The van der Waals surface area contributed by atoms with Gasteiger partial charge in [0.2, 0.25) is 0 Å². The Hall–Kier alpha value is -2.83. The van der Waals surface area contributed by atoms with Crippen molar-refractivity contribution in [3.8, 4) is 5.75 Å². The molecule has 7 nitrogen and oxygen atoms in total. The summed E-state index contributed by atoms with van der Waals surface area (Å²) in [6, 6.07) is 7.36. The van der Waals surface area contributed by atoms with Crippen molar-refractivity contribution in [2.24, 2.45) is 0 Å². The van der Waals surface area contributed by atoms with Crippen LogP contribution in [0.3, 0.4) is 0 Å². The molecule has 3 aromatic rings. The molecule has 2 aromatic heterocycles. The molecule has 0 atom stereocenters. The Labute approximate surface area is 138 Å². The van der Waals surface area contributed by atoms with Crippen LogP contribution in [0.15, 0.2) is 29.1 Å². The Morgan fingerprint density at radius 3 is 2.88 bits per heavy atom. The quantitative estimate of drug-likeness (QED) is 0.535. The van der Waals surface area contributed by atoms with E-state index in [2.05, 4.69) is 15.0 Å². The molecule has 0 aliphatic rings. The molecule has 2 heterocycles. The maximum atomic E-state index is 11.4. The number of pyridine rings is 1. The summed E-state index contributed by atoms with van der Waals surface area (Å²) in [7, 11) is 0. The molecular formula is C17H19N3O4. The molecule has 24 heavy (non-hydrogen) atoms. The van der Waals surface area contributed by atoms with Gasteiger partial charge in [0.05, 0.1) is 23.7 Å². The van der Waals surface area contributed by atoms with Gasteiger partial charge in [0.25, 0.3) is 0 Å². The van der Waals surface area contributed by atoms with E-state index in [4.69, 9.17) is 9.47 Å². The minimum atomic E-state index is -0.280. The predicted octanol–water partition coefficient (Wildman–Crippen LogP) is 2.51. The lowest BCUT2D eigenvalue weighted by Crippen LogP contribution is -2.12. The molecule has 0 unspecified atom stereocenters. The van der Waals surface area contributed by atoms with Crippen molar-refractivity contribution >= 4 is 28.0 Å². The van der Waals surface area contributed by atoms with Crippen LogP contribution < -0.4 is 10.4 Å². The lowest BCUT2D eigenvalue weighted by molar-refractivity contribution is -0.147. The third-order valence-corrected chi connectivity index (χ3v) is 3.43. The third-order valence-electron chi connectivity index (χ3n) is 3.43. The molecule has 0 saturated heterocycles. The zero-order valence-electron chi connectivity index (χ0n) is 13.6. The number of imidazole rings is 1. The molecule has 0 saturated carbocycles. The summed E-state index contributed by atoms with van der Waals surface area (Å²) in [5.41, 5.74) is 1.68. The van der Waals surface area contributed by atoms with Crippen molar-refractivity contribution in [3.63, 3.8) is 0 Å². The van der Waals surface area contributed by atoms with E-state index in [1.165, 1.54) is 0 Å². The fourth-order valence-electron chi connectivity index (χ4n) is 2.42. The standard InChI is InChI=1S/C17H19N3O4/c1-10(2)24-15(21)4-3-7-23-12-5-6-13-11(8-12)9-14-16(18-13)20-17(22)19-14/h5-6,8-10H,3-4,7H2,1-2H3,(H2,18,19,20,22). The highest BCUT2D eigenvalue weighted by Gasteiger charge is 2.07. The smallest absolute Gasteiger partial charge is 0.325 e. The second kappa shape index (κ2) is 6.74. The molecule has 7 heteroatoms. The third kappa shape index (κ3) is 3.73. The minimum absolute atomic E-state index is 0.0943. The molecule has 0 fully saturated rings. The second-order valence-corrected chi connectivity index (χ2v) is 5.81. The van der Waals surface area contributed by atoms with Gasteiger partial charge in [0.15, 0.2) is 5.65 Å². The average Bonchev–Trinajstić information content (AvgIpc) is 2.87. The molecule has 0 bridgehead atoms. The second-order valence-electron chi connectivity index (χ2n) is 5.81. The van der Waals surface area contributed by atoms with Crippen LogP contribution in [0.1, 0.15) is 26.7 Å². The molecule has 0 radical (unpaired) electrons. The first-order valence-corrected chi connectivity index (χ1v) is 7.86. The van der Waals surface area contributed by atoms with Crippen LogP contribution >= 0.6 is 0 Å². The topological polar surface area (TPSA) is 97.1 Å². The molecule has 0 amide bonds. The van der Waals surface area contributed by atoms with Crippen LogP contribution in [-0.4, -0.2) is 33.6 Å². The fourth-order valence-corrected chi connectivity index (χ4v) is 2.42. The van der Waals surface area contributed by atoms with Crippen LogP contribution in [0.4, 0.5) is 0 Å². The highest BCUT2D eigenvalue weighted by molar-refractivity contribution is 5.89. The minimum Gasteiger partial charge on any atom is -0.494 e. The summed E-state index contributed by atoms with van der Waals surface area (Å²) in [5.74, 6) is 0.480. The van der Waals surface area contributed by atoms with Crippen molar-refractivity contribution in [1.82, 2.24) is 15.0 Å². The average molecular weight is 329 g/mol. The van der Waals surface area contributed by atoms with Crippen molar-refractivity contribution in [3.05, 3.63) is 34.7 Å². The van der Waals surface area contributed by atoms with Crippen LogP contribution in [0.5, 0.6) is 5.75 Å². The maximum Gasteiger partial charge on any atom is 0.325 e. The zero-order valence-corrected chi connectivity index (χ0v) is 13.6. The number of hydrogen-bond donors (Lipinski definition) is 2. The molecule has 0 spiro atoms. The summed E-state index contributed by atoms with van der Waals surface area (Å²) in [6.45, 7) is 4.08. The Morgan fingerprint density at radius 2 is 2.08 bits per heavy atom. The Morgan fingerprint density at radius 1 is 1.25 bits per heavy atom. The lowest BCUT2D eigenvalue weighted by Gasteiger charge is -2.09. The van der Waals surface area contributed by atoms with Gasteiger partial charge in [-0.05, 0) is 44.5 Å².